The van der Waals surface area contributed by atoms with Crippen LogP contribution < -0.4 is 5.73 Å². The van der Waals surface area contributed by atoms with Gasteiger partial charge in [-0.1, -0.05) is 89.1 Å². The summed E-state index contributed by atoms with van der Waals surface area (Å²) >= 11 is 0. The molecule has 2 saturated heterocycles. The number of amides is 1. The zero-order chi connectivity index (χ0) is 45.2. The average Bonchev–Trinajstić information content (AvgIpc) is 3.18. The summed E-state index contributed by atoms with van der Waals surface area (Å²) in [6.07, 6.45) is 1.54. The molecule has 0 aliphatic carbocycles. The Morgan fingerprint density at radius 3 is 2.30 bits per heavy atom. The van der Waals surface area contributed by atoms with Gasteiger partial charge >= 0.3 is 12.1 Å². The minimum atomic E-state index is -1.97. The molecule has 0 aromatic heterocycles. The van der Waals surface area contributed by atoms with Crippen LogP contribution in [0.3, 0.4) is 0 Å². The molecule has 3 aliphatic rings. The summed E-state index contributed by atoms with van der Waals surface area (Å²) in [6, 6.07) is 0. The molecule has 1 amide bonds. The number of ether oxygens (including phenoxy) is 7. The molecule has 0 radical (unpaired) electrons. The van der Waals surface area contributed by atoms with Crippen LogP contribution in [-0.2, 0) is 38.0 Å². The van der Waals surface area contributed by atoms with Gasteiger partial charge in [-0.05, 0) is 46.1 Å². The van der Waals surface area contributed by atoms with Crippen molar-refractivity contribution >= 4 is 12.1 Å². The number of nitrogens with two attached hydrogens (primary N) is 1. The molecule has 0 aromatic carbocycles. The predicted molar refractivity (Wildman–Crippen MR) is 224 cm³/mol. The van der Waals surface area contributed by atoms with Crippen LogP contribution in [0, 0.1) is 35.5 Å². The Bertz CT molecular complexity index is 1550. The first kappa shape index (κ1) is 51.2. The molecule has 15 nitrogen and oxygen atoms in total. The van der Waals surface area contributed by atoms with Crippen molar-refractivity contribution in [2.45, 2.75) is 162 Å². The van der Waals surface area contributed by atoms with Gasteiger partial charge in [0.15, 0.2) is 18.2 Å². The number of carbonyl (C=O) groups is 2. The fraction of sp³-hybridized carbons (Fsp3) is 0.733. The molecule has 15 heteroatoms. The van der Waals surface area contributed by atoms with Gasteiger partial charge in [0, 0.05) is 49.5 Å². The summed E-state index contributed by atoms with van der Waals surface area (Å²) in [5.74, 6) is -6.06. The van der Waals surface area contributed by atoms with E-state index < -0.39 is 103 Å². The molecule has 18 unspecified atom stereocenters. The highest BCUT2D eigenvalue weighted by Crippen LogP contribution is 2.42. The summed E-state index contributed by atoms with van der Waals surface area (Å²) in [5.41, 5.74) is 6.76. The zero-order valence-corrected chi connectivity index (χ0v) is 37.5. The van der Waals surface area contributed by atoms with E-state index in [0.717, 1.165) is 5.57 Å². The van der Waals surface area contributed by atoms with Crippen LogP contribution in [0.25, 0.3) is 0 Å². The minimum Gasteiger partial charge on any atom is -0.490 e. The van der Waals surface area contributed by atoms with Gasteiger partial charge in [0.25, 0.3) is 0 Å². The number of primary amides is 1. The van der Waals surface area contributed by atoms with Gasteiger partial charge in [0.2, 0.25) is 5.76 Å². The zero-order valence-electron chi connectivity index (χ0n) is 37.5. The molecule has 0 saturated carbocycles. The number of hydrogen-bond donors (Lipinski definition) is 6. The van der Waals surface area contributed by atoms with Gasteiger partial charge in [-0.15, -0.1) is 0 Å². The summed E-state index contributed by atoms with van der Waals surface area (Å²) < 4.78 is 41.3. The van der Waals surface area contributed by atoms with E-state index in [9.17, 15) is 35.1 Å². The van der Waals surface area contributed by atoms with Crippen molar-refractivity contribution in [3.63, 3.8) is 0 Å². The molecule has 0 spiro atoms. The number of allylic oxidation sites excluding steroid dienone is 6. The van der Waals surface area contributed by atoms with Crippen LogP contribution in [0.1, 0.15) is 88.5 Å². The van der Waals surface area contributed by atoms with E-state index in [1.54, 1.807) is 58.1 Å². The maximum atomic E-state index is 13.9. The fourth-order valence-electron chi connectivity index (χ4n) is 8.64. The quantitative estimate of drug-likeness (QED) is 0.131. The largest absolute Gasteiger partial charge is 0.490 e. The van der Waals surface area contributed by atoms with E-state index in [1.165, 1.54) is 20.3 Å². The van der Waals surface area contributed by atoms with E-state index in [0.29, 0.717) is 12.0 Å². The molecule has 342 valence electrons. The molecule has 18 atom stereocenters. The van der Waals surface area contributed by atoms with Crippen LogP contribution in [-0.4, -0.2) is 125 Å². The third-order valence-corrected chi connectivity index (χ3v) is 12.5. The van der Waals surface area contributed by atoms with Crippen molar-refractivity contribution in [2.24, 2.45) is 41.2 Å². The van der Waals surface area contributed by atoms with E-state index >= 15 is 0 Å². The number of aliphatic hydroxyl groups excluding tert-OH is 4. The summed E-state index contributed by atoms with van der Waals surface area (Å²) in [5, 5.41) is 57.6. The Hall–Kier alpha value is -3.12. The maximum Gasteiger partial charge on any atom is 0.404 e. The van der Waals surface area contributed by atoms with Crippen molar-refractivity contribution in [3.05, 3.63) is 59.4 Å². The molecular weight excluding hydrogens is 778 g/mol. The fourth-order valence-corrected chi connectivity index (χ4v) is 8.64. The first-order valence-corrected chi connectivity index (χ1v) is 21.1. The lowest BCUT2D eigenvalue weighted by Gasteiger charge is -2.49. The van der Waals surface area contributed by atoms with E-state index in [-0.39, 0.29) is 36.4 Å². The second-order valence-electron chi connectivity index (χ2n) is 17.3. The summed E-state index contributed by atoms with van der Waals surface area (Å²) in [6.45, 7) is 18.0. The molecule has 3 heterocycles. The van der Waals surface area contributed by atoms with Gasteiger partial charge in [-0.2, -0.15) is 0 Å². The highest BCUT2D eigenvalue weighted by molar-refractivity contribution is 5.87. The number of aliphatic hydroxyl groups is 5. The first-order chi connectivity index (χ1) is 28.1. The number of esters is 1. The lowest BCUT2D eigenvalue weighted by molar-refractivity contribution is -0.338. The predicted octanol–water partition coefficient (Wildman–Crippen LogP) is 4.59. The smallest absolute Gasteiger partial charge is 0.404 e. The Labute approximate surface area is 356 Å². The maximum absolute atomic E-state index is 13.9. The molecule has 7 N–H and O–H groups in total. The van der Waals surface area contributed by atoms with Gasteiger partial charge < -0.3 is 64.4 Å². The third kappa shape index (κ3) is 13.2. The van der Waals surface area contributed by atoms with Crippen molar-refractivity contribution in [2.75, 3.05) is 14.2 Å². The second-order valence-corrected chi connectivity index (χ2v) is 17.3. The van der Waals surface area contributed by atoms with Crippen molar-refractivity contribution in [1.29, 1.82) is 0 Å². The van der Waals surface area contributed by atoms with E-state index in [2.05, 4.69) is 0 Å². The van der Waals surface area contributed by atoms with E-state index in [4.69, 9.17) is 38.9 Å². The third-order valence-electron chi connectivity index (χ3n) is 12.5. The number of methoxy groups -OCH3 is 2. The highest BCUT2D eigenvalue weighted by Gasteiger charge is 2.52. The van der Waals surface area contributed by atoms with Gasteiger partial charge in [-0.25, -0.2) is 9.59 Å². The van der Waals surface area contributed by atoms with Gasteiger partial charge in [-0.3, -0.25) is 0 Å². The van der Waals surface area contributed by atoms with Crippen molar-refractivity contribution in [1.82, 2.24) is 0 Å². The lowest BCUT2D eigenvalue weighted by atomic mass is 9.77. The van der Waals surface area contributed by atoms with Crippen molar-refractivity contribution < 1.29 is 68.3 Å². The Kier molecular flexibility index (Phi) is 19.5. The average molecular weight is 852 g/mol. The summed E-state index contributed by atoms with van der Waals surface area (Å²) in [4.78, 5) is 25.3. The normalized spacial score (nSPS) is 42.7. The Balaban J connectivity index is 1.99. The molecule has 3 aliphatic heterocycles. The van der Waals surface area contributed by atoms with Gasteiger partial charge in [0.05, 0.1) is 49.8 Å². The van der Waals surface area contributed by atoms with E-state index in [1.807, 2.05) is 47.6 Å². The van der Waals surface area contributed by atoms with Crippen molar-refractivity contribution in [3.8, 4) is 0 Å². The molecule has 60 heavy (non-hydrogen) atoms. The monoisotopic (exact) mass is 852 g/mol. The highest BCUT2D eigenvalue weighted by atomic mass is 16.7. The summed E-state index contributed by atoms with van der Waals surface area (Å²) in [7, 11) is 2.80. The van der Waals surface area contributed by atoms with Crippen LogP contribution >= 0.6 is 0 Å². The number of carbonyl (C=O) groups excluding carboxylic acids is 2. The lowest BCUT2D eigenvalue weighted by Crippen LogP contribution is -2.59. The van der Waals surface area contributed by atoms with Crippen LogP contribution in [0.15, 0.2) is 59.4 Å². The molecule has 0 aromatic rings. The number of cyclic esters (lactones) is 1. The van der Waals surface area contributed by atoms with Gasteiger partial charge in [0.1, 0.15) is 12.2 Å². The molecule has 3 rings (SSSR count). The standard InChI is InChI=1S/C45H73NO14/c1-13-15-33-27(6)36(57-37-21-32(47)42(31(10)56-37)59-44(46)52)22-45(53,60-33)30(9)40(50)29(8)41-34(54-11)17-14-16-23(2)18-25(4)38(48)28(7)39(49)26(5)19-24(3)20-35(55-12)43(51)58-41/h13-17,19-20,25-34,36-42,47-50,53H,18,21-22H2,1-12H3,(H2,46,52)/b15-13+,17-14+,23-16+,24-19+,35-20-. The second kappa shape index (κ2) is 22.8. The van der Waals surface area contributed by atoms with Crippen LogP contribution in [0.2, 0.25) is 0 Å². The Morgan fingerprint density at radius 1 is 1.05 bits per heavy atom. The first-order valence-electron chi connectivity index (χ1n) is 21.1. The number of rotatable bonds is 10. The molecule has 0 bridgehead atoms. The Morgan fingerprint density at radius 2 is 1.72 bits per heavy atom. The molecule has 2 fully saturated rings. The number of hydrogen-bond acceptors (Lipinski definition) is 14. The topological polar surface area (TPSA) is 226 Å². The molecular formula is C45H73NO14. The minimum absolute atomic E-state index is 0.0314. The SMILES string of the molecule is C/C=C/C1OC(O)(C(C)C(O)C(C)C2OC(=O)/C(OC)=C/C(C)=C/C(C)C(O)C(C)C(O)C(C)C/C(C)=C/C=C/C2OC)CC(OC2CC(O)C(OC(N)=O)C(C)O2)C1C. The van der Waals surface area contributed by atoms with Crippen LogP contribution in [0.5, 0.6) is 0 Å². The van der Waals surface area contributed by atoms with Crippen LogP contribution in [0.4, 0.5) is 4.79 Å².